The number of cyclic esters (lactones) is 2. The molecule has 16 heteroatoms. The molecule has 1 amide bonds. The molecule has 0 aliphatic carbocycles. The van der Waals surface area contributed by atoms with Gasteiger partial charge in [-0.1, -0.05) is 5.11 Å². The summed E-state index contributed by atoms with van der Waals surface area (Å²) in [4.78, 5) is 52.0. The Balaban J connectivity index is 2.46. The molecule has 0 unspecified atom stereocenters. The number of hydrogen-bond acceptors (Lipinski definition) is 11. The van der Waals surface area contributed by atoms with Crippen molar-refractivity contribution in [2.24, 2.45) is 21.6 Å². The fourth-order valence-electron chi connectivity index (χ4n) is 2.88. The van der Waals surface area contributed by atoms with Gasteiger partial charge in [-0.3, -0.25) is 4.79 Å². The SMILES string of the molecule is COC(=O)C1=C[C@H](N=C(N)N)[C@@H](NC(C)=O)[C@H]([C@H](OOCN=[N+]=[N-])[C@H]2COC(=O)O2)O1. The second-order valence-electron chi connectivity index (χ2n) is 6.13. The average molecular weight is 443 g/mol. The Morgan fingerprint density at radius 3 is 2.71 bits per heavy atom. The third-order valence-corrected chi connectivity index (χ3v) is 4.02. The summed E-state index contributed by atoms with van der Waals surface area (Å²) in [7, 11) is 1.13. The number of nitrogens with two attached hydrogens (primary N) is 2. The van der Waals surface area contributed by atoms with E-state index in [9.17, 15) is 14.4 Å². The van der Waals surface area contributed by atoms with Gasteiger partial charge in [-0.15, -0.1) is 0 Å². The highest BCUT2D eigenvalue weighted by Crippen LogP contribution is 2.29. The van der Waals surface area contributed by atoms with Gasteiger partial charge in [-0.25, -0.2) is 24.4 Å². The lowest BCUT2D eigenvalue weighted by Crippen LogP contribution is -2.60. The highest BCUT2D eigenvalue weighted by Gasteiger charge is 2.49. The van der Waals surface area contributed by atoms with Gasteiger partial charge < -0.3 is 35.7 Å². The number of azide groups is 1. The Morgan fingerprint density at radius 2 is 2.16 bits per heavy atom. The maximum Gasteiger partial charge on any atom is 0.508 e. The number of aliphatic imine (C=N–C) groups is 1. The maximum atomic E-state index is 12.1. The summed E-state index contributed by atoms with van der Waals surface area (Å²) in [6.07, 6.45) is -3.36. The predicted molar refractivity (Wildman–Crippen MR) is 98.4 cm³/mol. The molecule has 0 aromatic heterocycles. The molecular weight excluding hydrogens is 422 g/mol. The van der Waals surface area contributed by atoms with Gasteiger partial charge in [0.25, 0.3) is 0 Å². The summed E-state index contributed by atoms with van der Waals surface area (Å²) >= 11 is 0. The van der Waals surface area contributed by atoms with Gasteiger partial charge >= 0.3 is 12.1 Å². The van der Waals surface area contributed by atoms with Gasteiger partial charge in [0.2, 0.25) is 11.7 Å². The van der Waals surface area contributed by atoms with Crippen molar-refractivity contribution in [3.63, 3.8) is 0 Å². The summed E-state index contributed by atoms with van der Waals surface area (Å²) in [6.45, 7) is 0.435. The highest BCUT2D eigenvalue weighted by atomic mass is 17.2. The number of guanidine groups is 1. The topological polar surface area (TPSA) is 232 Å². The molecule has 5 atom stereocenters. The molecule has 0 spiro atoms. The molecule has 0 aromatic rings. The Labute approximate surface area is 175 Å². The highest BCUT2D eigenvalue weighted by molar-refractivity contribution is 5.87. The minimum absolute atomic E-state index is 0.259. The van der Waals surface area contributed by atoms with Crippen LogP contribution in [0.4, 0.5) is 4.79 Å². The van der Waals surface area contributed by atoms with Crippen molar-refractivity contribution >= 4 is 24.0 Å². The van der Waals surface area contributed by atoms with Gasteiger partial charge in [0.05, 0.1) is 19.2 Å². The quantitative estimate of drug-likeness (QED) is 0.0436. The molecule has 1 fully saturated rings. The van der Waals surface area contributed by atoms with E-state index >= 15 is 0 Å². The minimum Gasteiger partial charge on any atom is -0.478 e. The molecule has 5 N–H and O–H groups in total. The van der Waals surface area contributed by atoms with Crippen LogP contribution in [-0.4, -0.2) is 74.8 Å². The molecule has 170 valence electrons. The summed E-state index contributed by atoms with van der Waals surface area (Å²) < 4.78 is 20.2. The number of carbonyl (C=O) groups excluding carboxylic acids is 3. The van der Waals surface area contributed by atoms with E-state index in [-0.39, 0.29) is 18.3 Å². The van der Waals surface area contributed by atoms with E-state index in [0.717, 1.165) is 7.11 Å². The van der Waals surface area contributed by atoms with Gasteiger partial charge in [0, 0.05) is 11.8 Å². The zero-order valence-electron chi connectivity index (χ0n) is 16.5. The second kappa shape index (κ2) is 10.9. The molecule has 2 heterocycles. The molecule has 0 aromatic carbocycles. The van der Waals surface area contributed by atoms with E-state index in [1.165, 1.54) is 13.0 Å². The number of nitrogens with one attached hydrogen (secondary N) is 1. The third kappa shape index (κ3) is 6.36. The van der Waals surface area contributed by atoms with Crippen LogP contribution < -0.4 is 16.8 Å². The third-order valence-electron chi connectivity index (χ3n) is 4.02. The predicted octanol–water partition coefficient (Wildman–Crippen LogP) is -1.29. The van der Waals surface area contributed by atoms with Crippen LogP contribution >= 0.6 is 0 Å². The lowest BCUT2D eigenvalue weighted by Gasteiger charge is -2.39. The van der Waals surface area contributed by atoms with E-state index in [2.05, 4.69) is 25.1 Å². The summed E-state index contributed by atoms with van der Waals surface area (Å²) in [5.41, 5.74) is 19.3. The van der Waals surface area contributed by atoms with Crippen LogP contribution in [0.5, 0.6) is 0 Å². The van der Waals surface area contributed by atoms with Crippen molar-refractivity contribution in [1.29, 1.82) is 0 Å². The van der Waals surface area contributed by atoms with E-state index in [0.29, 0.717) is 0 Å². The Morgan fingerprint density at radius 1 is 1.42 bits per heavy atom. The first-order valence-electron chi connectivity index (χ1n) is 8.72. The zero-order chi connectivity index (χ0) is 23.0. The van der Waals surface area contributed by atoms with Crippen LogP contribution in [0.25, 0.3) is 10.4 Å². The van der Waals surface area contributed by atoms with Crippen molar-refractivity contribution in [2.45, 2.75) is 37.3 Å². The van der Waals surface area contributed by atoms with Crippen LogP contribution in [0.15, 0.2) is 21.9 Å². The Bertz CT molecular complexity index is 807. The van der Waals surface area contributed by atoms with E-state index in [4.69, 9.17) is 41.0 Å². The number of ether oxygens (including phenoxy) is 4. The Kier molecular flexibility index (Phi) is 8.25. The fraction of sp³-hybridized carbons (Fsp3) is 0.600. The first kappa shape index (κ1) is 23.5. The van der Waals surface area contributed by atoms with Crippen molar-refractivity contribution < 1.29 is 43.1 Å². The molecule has 0 bridgehead atoms. The largest absolute Gasteiger partial charge is 0.508 e. The average Bonchev–Trinajstić information content (AvgIpc) is 3.14. The number of nitrogens with zero attached hydrogens (tertiary/aromatic N) is 4. The number of amides is 1. The number of rotatable bonds is 9. The smallest absolute Gasteiger partial charge is 0.478 e. The van der Waals surface area contributed by atoms with Crippen LogP contribution in [0.1, 0.15) is 6.92 Å². The van der Waals surface area contributed by atoms with Gasteiger partial charge in [-0.05, 0) is 11.6 Å². The molecule has 0 radical (unpaired) electrons. The second-order valence-corrected chi connectivity index (χ2v) is 6.13. The lowest BCUT2D eigenvalue weighted by molar-refractivity contribution is -0.351. The van der Waals surface area contributed by atoms with Crippen molar-refractivity contribution in [2.75, 3.05) is 20.4 Å². The molecular formula is C15H21N7O9. The molecule has 31 heavy (non-hydrogen) atoms. The van der Waals surface area contributed by atoms with Crippen LogP contribution in [-0.2, 0) is 38.3 Å². The fourth-order valence-corrected chi connectivity index (χ4v) is 2.88. The normalized spacial score (nSPS) is 25.5. The van der Waals surface area contributed by atoms with E-state index in [1.54, 1.807) is 0 Å². The first-order valence-corrected chi connectivity index (χ1v) is 8.72. The standard InChI is InChI=1S/C15H21N7O9/c1-6(23)20-10-7(21-14(16)17)3-8(13(24)26-2)29-12(10)11(31-28-5-19-22-18)9-4-27-15(25)30-9/h3,7,9-12H,4-5H2,1-2H3,(H,20,23)(H4,16,17,21)/t7-,9+,10+,11+,12+/m0/s1. The maximum absolute atomic E-state index is 12.1. The number of methoxy groups -OCH3 is 1. The van der Waals surface area contributed by atoms with Crippen molar-refractivity contribution in [3.05, 3.63) is 22.3 Å². The summed E-state index contributed by atoms with van der Waals surface area (Å²) in [5, 5.41) is 5.76. The first-order chi connectivity index (χ1) is 14.8. The van der Waals surface area contributed by atoms with E-state index in [1.807, 2.05) is 0 Å². The van der Waals surface area contributed by atoms with Crippen LogP contribution in [0.2, 0.25) is 0 Å². The zero-order valence-corrected chi connectivity index (χ0v) is 16.5. The van der Waals surface area contributed by atoms with Crippen LogP contribution in [0.3, 0.4) is 0 Å². The molecule has 16 nitrogen and oxygen atoms in total. The number of hydrogen-bond donors (Lipinski definition) is 3. The van der Waals surface area contributed by atoms with Crippen molar-refractivity contribution in [1.82, 2.24) is 5.32 Å². The van der Waals surface area contributed by atoms with Gasteiger partial charge in [0.1, 0.15) is 6.61 Å². The summed E-state index contributed by atoms with van der Waals surface area (Å²) in [6, 6.07) is -2.01. The van der Waals surface area contributed by atoms with Crippen molar-refractivity contribution in [3.8, 4) is 0 Å². The van der Waals surface area contributed by atoms with E-state index < -0.39 is 55.2 Å². The molecule has 2 rings (SSSR count). The number of carbonyl (C=O) groups is 3. The molecule has 2 aliphatic heterocycles. The molecule has 2 aliphatic rings. The van der Waals surface area contributed by atoms with Gasteiger partial charge in [-0.2, -0.15) is 0 Å². The van der Waals surface area contributed by atoms with Crippen LogP contribution in [0, 0.1) is 0 Å². The number of esters is 1. The summed E-state index contributed by atoms with van der Waals surface area (Å²) in [5.74, 6) is -1.99. The monoisotopic (exact) mass is 443 g/mol. The van der Waals surface area contributed by atoms with Gasteiger partial charge in [0.15, 0.2) is 31.0 Å². The Hall–Kier alpha value is -3.75. The molecule has 0 saturated carbocycles. The molecule has 1 saturated heterocycles. The minimum atomic E-state index is -1.29. The lowest BCUT2D eigenvalue weighted by atomic mass is 9.92.